The van der Waals surface area contributed by atoms with Gasteiger partial charge in [0.25, 0.3) is 0 Å². The van der Waals surface area contributed by atoms with Gasteiger partial charge in [-0.25, -0.2) is 13.8 Å². The van der Waals surface area contributed by atoms with Crippen LogP contribution in [0.3, 0.4) is 0 Å². The average molecular weight is 431 g/mol. The minimum absolute atomic E-state index is 0.0292. The second-order valence-electron chi connectivity index (χ2n) is 7.74. The number of hydrogen-bond donors (Lipinski definition) is 3. The van der Waals surface area contributed by atoms with E-state index in [0.29, 0.717) is 11.4 Å². The third kappa shape index (κ3) is 6.21. The van der Waals surface area contributed by atoms with E-state index in [1.807, 2.05) is 0 Å². The molecule has 2 aromatic rings. The molecular formula is C22H27F2N5O2. The lowest BCUT2D eigenvalue weighted by molar-refractivity contribution is -0.131. The zero-order chi connectivity index (χ0) is 22.4. The van der Waals surface area contributed by atoms with Crippen molar-refractivity contribution in [3.63, 3.8) is 0 Å². The van der Waals surface area contributed by atoms with Crippen molar-refractivity contribution in [1.29, 1.82) is 0 Å². The molecule has 166 valence electrons. The van der Waals surface area contributed by atoms with Crippen LogP contribution in [0.5, 0.6) is 0 Å². The fraction of sp³-hybridized carbons (Fsp3) is 0.409. The van der Waals surface area contributed by atoms with Crippen LogP contribution >= 0.6 is 0 Å². The van der Waals surface area contributed by atoms with Crippen LogP contribution in [0.2, 0.25) is 0 Å². The summed E-state index contributed by atoms with van der Waals surface area (Å²) in [6.07, 6.45) is 3.65. The molecule has 1 aliphatic rings. The molecule has 2 atom stereocenters. The lowest BCUT2D eigenvalue weighted by Crippen LogP contribution is -2.53. The van der Waals surface area contributed by atoms with Crippen molar-refractivity contribution in [1.82, 2.24) is 20.5 Å². The number of pyridine rings is 1. The Kier molecular flexibility index (Phi) is 7.51. The SMILES string of the molecule is C[C@@H](C(=O)N[C@@H](Cc1ccc(F)c(F)c1)C(=O)NCc1ccc(N)nc1)N1CCCC1. The smallest absolute Gasteiger partial charge is 0.243 e. The van der Waals surface area contributed by atoms with Crippen LogP contribution in [0.1, 0.15) is 30.9 Å². The van der Waals surface area contributed by atoms with Crippen LogP contribution in [0.4, 0.5) is 14.6 Å². The van der Waals surface area contributed by atoms with E-state index in [-0.39, 0.29) is 24.9 Å². The number of amides is 2. The molecule has 1 aromatic heterocycles. The molecule has 1 aromatic carbocycles. The van der Waals surface area contributed by atoms with Crippen LogP contribution in [-0.4, -0.2) is 46.9 Å². The summed E-state index contributed by atoms with van der Waals surface area (Å²) >= 11 is 0. The summed E-state index contributed by atoms with van der Waals surface area (Å²) in [7, 11) is 0. The number of nitrogen functional groups attached to an aromatic ring is 1. The van der Waals surface area contributed by atoms with E-state index >= 15 is 0 Å². The number of rotatable bonds is 8. The molecule has 1 saturated heterocycles. The van der Waals surface area contributed by atoms with E-state index in [1.54, 1.807) is 25.3 Å². The molecule has 0 bridgehead atoms. The third-order valence-corrected chi connectivity index (χ3v) is 5.44. The van der Waals surface area contributed by atoms with Crippen molar-refractivity contribution in [3.8, 4) is 0 Å². The first-order valence-electron chi connectivity index (χ1n) is 10.3. The van der Waals surface area contributed by atoms with E-state index in [9.17, 15) is 18.4 Å². The number of anilines is 1. The highest BCUT2D eigenvalue weighted by Crippen LogP contribution is 2.14. The monoisotopic (exact) mass is 431 g/mol. The van der Waals surface area contributed by atoms with Crippen LogP contribution in [-0.2, 0) is 22.6 Å². The fourth-order valence-corrected chi connectivity index (χ4v) is 3.55. The zero-order valence-corrected chi connectivity index (χ0v) is 17.4. The predicted octanol–water partition coefficient (Wildman–Crippen LogP) is 1.77. The van der Waals surface area contributed by atoms with Gasteiger partial charge in [0.1, 0.15) is 11.9 Å². The van der Waals surface area contributed by atoms with Gasteiger partial charge in [-0.15, -0.1) is 0 Å². The Bertz CT molecular complexity index is 917. The second kappa shape index (κ2) is 10.3. The lowest BCUT2D eigenvalue weighted by atomic mass is 10.0. The van der Waals surface area contributed by atoms with Crippen LogP contribution in [0.15, 0.2) is 36.5 Å². The molecule has 2 heterocycles. The normalized spacial score (nSPS) is 16.0. The highest BCUT2D eigenvalue weighted by Gasteiger charge is 2.28. The van der Waals surface area contributed by atoms with Crippen molar-refractivity contribution in [3.05, 3.63) is 59.3 Å². The Balaban J connectivity index is 1.70. The molecule has 9 heteroatoms. The molecular weight excluding hydrogens is 404 g/mol. The van der Waals surface area contributed by atoms with Crippen LogP contribution in [0.25, 0.3) is 0 Å². The van der Waals surface area contributed by atoms with Crippen LogP contribution in [0, 0.1) is 11.6 Å². The number of halogens is 2. The Labute approximate surface area is 180 Å². The summed E-state index contributed by atoms with van der Waals surface area (Å²) in [5.74, 6) is -2.30. The summed E-state index contributed by atoms with van der Waals surface area (Å²) in [6.45, 7) is 3.66. The first kappa shape index (κ1) is 22.6. The largest absolute Gasteiger partial charge is 0.384 e. The fourth-order valence-electron chi connectivity index (χ4n) is 3.55. The predicted molar refractivity (Wildman–Crippen MR) is 113 cm³/mol. The summed E-state index contributed by atoms with van der Waals surface area (Å²) in [5.41, 5.74) is 6.71. The summed E-state index contributed by atoms with van der Waals surface area (Å²) in [5, 5.41) is 5.54. The molecule has 4 N–H and O–H groups in total. The topological polar surface area (TPSA) is 100 Å². The molecule has 2 amide bonds. The van der Waals surface area contributed by atoms with Gasteiger partial charge in [0.15, 0.2) is 11.6 Å². The summed E-state index contributed by atoms with van der Waals surface area (Å²) in [4.78, 5) is 31.7. The van der Waals surface area contributed by atoms with Crippen molar-refractivity contribution in [2.75, 3.05) is 18.8 Å². The molecule has 1 fully saturated rings. The van der Waals surface area contributed by atoms with Crippen molar-refractivity contribution in [2.45, 2.75) is 44.8 Å². The summed E-state index contributed by atoms with van der Waals surface area (Å²) < 4.78 is 26.9. The number of benzene rings is 1. The number of hydrogen-bond acceptors (Lipinski definition) is 5. The Morgan fingerprint density at radius 3 is 2.45 bits per heavy atom. The van der Waals surface area contributed by atoms with E-state index < -0.39 is 23.6 Å². The quantitative estimate of drug-likeness (QED) is 0.592. The van der Waals surface area contributed by atoms with Crippen molar-refractivity contribution in [2.24, 2.45) is 0 Å². The van der Waals surface area contributed by atoms with Gasteiger partial charge in [-0.3, -0.25) is 14.5 Å². The average Bonchev–Trinajstić information content (AvgIpc) is 3.29. The molecule has 1 aliphatic heterocycles. The number of nitrogens with one attached hydrogen (secondary N) is 2. The van der Waals surface area contributed by atoms with E-state index in [0.717, 1.165) is 43.6 Å². The van der Waals surface area contributed by atoms with Crippen molar-refractivity contribution < 1.29 is 18.4 Å². The molecule has 3 rings (SSSR count). The van der Waals surface area contributed by atoms with Gasteiger partial charge in [0.2, 0.25) is 11.8 Å². The number of likely N-dealkylation sites (tertiary alicyclic amines) is 1. The molecule has 0 saturated carbocycles. The number of nitrogens with two attached hydrogens (primary N) is 1. The maximum Gasteiger partial charge on any atom is 0.243 e. The molecule has 0 radical (unpaired) electrons. The van der Waals surface area contributed by atoms with Gasteiger partial charge in [-0.1, -0.05) is 12.1 Å². The van der Waals surface area contributed by atoms with Gasteiger partial charge in [-0.2, -0.15) is 0 Å². The summed E-state index contributed by atoms with van der Waals surface area (Å²) in [6, 6.07) is 5.48. The third-order valence-electron chi connectivity index (χ3n) is 5.44. The minimum Gasteiger partial charge on any atom is -0.384 e. The maximum atomic E-state index is 13.6. The van der Waals surface area contributed by atoms with E-state index in [4.69, 9.17) is 5.73 Å². The van der Waals surface area contributed by atoms with Gasteiger partial charge in [0.05, 0.1) is 6.04 Å². The maximum absolute atomic E-state index is 13.6. The van der Waals surface area contributed by atoms with Crippen LogP contribution < -0.4 is 16.4 Å². The lowest BCUT2D eigenvalue weighted by Gasteiger charge is -2.26. The Morgan fingerprint density at radius 2 is 1.81 bits per heavy atom. The number of carbonyl (C=O) groups is 2. The second-order valence-corrected chi connectivity index (χ2v) is 7.74. The van der Waals surface area contributed by atoms with Gasteiger partial charge in [-0.05, 0) is 62.2 Å². The van der Waals surface area contributed by atoms with E-state index in [1.165, 1.54) is 6.07 Å². The number of nitrogens with zero attached hydrogens (tertiary/aromatic N) is 2. The first-order valence-corrected chi connectivity index (χ1v) is 10.3. The number of carbonyl (C=O) groups excluding carboxylic acids is 2. The van der Waals surface area contributed by atoms with Gasteiger partial charge < -0.3 is 16.4 Å². The van der Waals surface area contributed by atoms with Crippen molar-refractivity contribution >= 4 is 17.6 Å². The Hall–Kier alpha value is -3.07. The van der Waals surface area contributed by atoms with Gasteiger partial charge >= 0.3 is 0 Å². The van der Waals surface area contributed by atoms with Gasteiger partial charge in [0, 0.05) is 19.2 Å². The first-order chi connectivity index (χ1) is 14.8. The standard InChI is InChI=1S/C22H27F2N5O2/c1-14(29-8-2-3-9-29)21(30)28-19(11-15-4-6-17(23)18(24)10-15)22(31)27-13-16-5-7-20(25)26-12-16/h4-7,10,12,14,19H,2-3,8-9,11,13H2,1H3,(H2,25,26)(H,27,31)(H,28,30)/t14-,19-/m0/s1. The molecule has 31 heavy (non-hydrogen) atoms. The zero-order valence-electron chi connectivity index (χ0n) is 17.4. The molecule has 0 spiro atoms. The highest BCUT2D eigenvalue weighted by atomic mass is 19.2. The molecule has 7 nitrogen and oxygen atoms in total. The number of aromatic nitrogens is 1. The molecule has 0 unspecified atom stereocenters. The molecule has 0 aliphatic carbocycles. The van der Waals surface area contributed by atoms with E-state index in [2.05, 4.69) is 20.5 Å². The minimum atomic E-state index is -0.999. The Morgan fingerprint density at radius 1 is 1.10 bits per heavy atom. The highest BCUT2D eigenvalue weighted by molar-refractivity contribution is 5.89.